The van der Waals surface area contributed by atoms with Gasteiger partial charge in [-0.3, -0.25) is 0 Å². The Morgan fingerprint density at radius 1 is 0.964 bits per heavy atom. The molecule has 28 heavy (non-hydrogen) atoms. The predicted octanol–water partition coefficient (Wildman–Crippen LogP) is 7.44. The number of benzene rings is 3. The third-order valence-electron chi connectivity index (χ3n) is 4.68. The van der Waals surface area contributed by atoms with Gasteiger partial charge in [0.25, 0.3) is 0 Å². The molecule has 0 saturated heterocycles. The lowest BCUT2D eigenvalue weighted by molar-refractivity contribution is 0.0922. The number of hydrogen-bond donors (Lipinski definition) is 0. The lowest BCUT2D eigenvalue weighted by Crippen LogP contribution is -2.08. The van der Waals surface area contributed by atoms with Gasteiger partial charge in [-0.1, -0.05) is 88.2 Å². The van der Waals surface area contributed by atoms with Crippen LogP contribution in [0.1, 0.15) is 24.2 Å². The summed E-state index contributed by atoms with van der Waals surface area (Å²) >= 11 is 10.1. The van der Waals surface area contributed by atoms with Gasteiger partial charge in [-0.2, -0.15) is 0 Å². The number of nitrogens with zero attached hydrogens (tertiary/aromatic N) is 1. The number of hydrogen-bond acceptors (Lipinski definition) is 2. The fourth-order valence-electron chi connectivity index (χ4n) is 3.50. The Kier molecular flexibility index (Phi) is 5.77. The number of aromatic nitrogens is 1. The number of halogens is 2. The minimum atomic E-state index is -0.221. The lowest BCUT2D eigenvalue weighted by Gasteiger charge is -2.21. The highest BCUT2D eigenvalue weighted by Gasteiger charge is 2.20. The van der Waals surface area contributed by atoms with Crippen molar-refractivity contribution in [3.8, 4) is 11.1 Å². The monoisotopic (exact) mass is 451 g/mol. The van der Waals surface area contributed by atoms with Crippen molar-refractivity contribution < 1.29 is 4.74 Å². The van der Waals surface area contributed by atoms with Crippen LogP contribution < -0.4 is 0 Å². The van der Waals surface area contributed by atoms with E-state index < -0.39 is 0 Å². The van der Waals surface area contributed by atoms with Crippen LogP contribution in [0.4, 0.5) is 0 Å². The molecule has 3 aromatic carbocycles. The summed E-state index contributed by atoms with van der Waals surface area (Å²) in [4.78, 5) is 4.70. The maximum Gasteiger partial charge on any atom is 0.130 e. The van der Waals surface area contributed by atoms with E-state index in [1.165, 1.54) is 0 Å². The first-order chi connectivity index (χ1) is 13.7. The average molecular weight is 453 g/mol. The van der Waals surface area contributed by atoms with Crippen molar-refractivity contribution in [3.63, 3.8) is 0 Å². The molecule has 0 radical (unpaired) electrons. The zero-order chi connectivity index (χ0) is 19.5. The van der Waals surface area contributed by atoms with Crippen LogP contribution in [-0.2, 0) is 4.74 Å². The van der Waals surface area contributed by atoms with Crippen molar-refractivity contribution in [2.45, 2.75) is 13.0 Å². The molecule has 140 valence electrons. The first-order valence-electron chi connectivity index (χ1n) is 9.19. The Morgan fingerprint density at radius 2 is 1.64 bits per heavy atom. The molecule has 0 aliphatic carbocycles. The maximum atomic E-state index is 6.45. The van der Waals surface area contributed by atoms with E-state index in [-0.39, 0.29) is 6.10 Å². The van der Waals surface area contributed by atoms with Crippen molar-refractivity contribution >= 4 is 38.4 Å². The summed E-state index contributed by atoms with van der Waals surface area (Å²) in [5, 5.41) is 1.51. The van der Waals surface area contributed by atoms with E-state index in [9.17, 15) is 0 Å². The zero-order valence-corrected chi connectivity index (χ0v) is 17.7. The van der Waals surface area contributed by atoms with Gasteiger partial charge in [0.05, 0.1) is 5.52 Å². The summed E-state index contributed by atoms with van der Waals surface area (Å²) in [6, 6.07) is 26.6. The standard InChI is InChI=1S/C24H19BrClNO/c1-2-28-24(17-11-7-4-8-12-17)21-14-18(25)13-20-19(15-22(26)27-23(20)21)16-9-5-3-6-10-16/h3-15,24H,2H2,1H3. The van der Waals surface area contributed by atoms with Crippen LogP contribution in [0.15, 0.2) is 83.3 Å². The third-order valence-corrected chi connectivity index (χ3v) is 5.33. The van der Waals surface area contributed by atoms with Crippen LogP contribution in [0.5, 0.6) is 0 Å². The number of rotatable bonds is 5. The molecule has 1 atom stereocenters. The van der Waals surface area contributed by atoms with Crippen LogP contribution in [-0.4, -0.2) is 11.6 Å². The van der Waals surface area contributed by atoms with Crippen molar-refractivity contribution in [2.24, 2.45) is 0 Å². The van der Waals surface area contributed by atoms with E-state index in [0.717, 1.165) is 37.6 Å². The summed E-state index contributed by atoms with van der Waals surface area (Å²) in [6.07, 6.45) is -0.221. The topological polar surface area (TPSA) is 22.1 Å². The third kappa shape index (κ3) is 3.83. The van der Waals surface area contributed by atoms with Gasteiger partial charge in [-0.15, -0.1) is 0 Å². The molecule has 0 bridgehead atoms. The number of fused-ring (bicyclic) bond motifs is 1. The van der Waals surface area contributed by atoms with Gasteiger partial charge >= 0.3 is 0 Å². The molecule has 4 heteroatoms. The summed E-state index contributed by atoms with van der Waals surface area (Å²) in [5.74, 6) is 0. The van der Waals surface area contributed by atoms with Crippen LogP contribution in [0.2, 0.25) is 5.15 Å². The first kappa shape index (κ1) is 19.1. The lowest BCUT2D eigenvalue weighted by atomic mass is 9.95. The molecule has 0 saturated carbocycles. The summed E-state index contributed by atoms with van der Waals surface area (Å²) in [5.41, 5.74) is 5.11. The van der Waals surface area contributed by atoms with Gasteiger partial charge in [0.1, 0.15) is 11.3 Å². The molecule has 0 aliphatic heterocycles. The highest BCUT2D eigenvalue weighted by atomic mass is 79.9. The van der Waals surface area contributed by atoms with E-state index in [1.807, 2.05) is 49.4 Å². The molecule has 4 aromatic rings. The maximum absolute atomic E-state index is 6.45. The Balaban J connectivity index is 2.00. The van der Waals surface area contributed by atoms with E-state index in [2.05, 4.69) is 52.3 Å². The second kappa shape index (κ2) is 8.44. The van der Waals surface area contributed by atoms with Gasteiger partial charge in [-0.05, 0) is 41.8 Å². The normalized spacial score (nSPS) is 12.2. The molecule has 0 spiro atoms. The first-order valence-corrected chi connectivity index (χ1v) is 10.4. The van der Waals surface area contributed by atoms with E-state index in [0.29, 0.717) is 11.8 Å². The number of pyridine rings is 1. The second-order valence-corrected chi connectivity index (χ2v) is 7.80. The highest BCUT2D eigenvalue weighted by Crippen LogP contribution is 2.38. The van der Waals surface area contributed by atoms with Gasteiger partial charge in [0, 0.05) is 22.0 Å². The quantitative estimate of drug-likeness (QED) is 0.293. The average Bonchev–Trinajstić information content (AvgIpc) is 2.73. The van der Waals surface area contributed by atoms with Gasteiger partial charge in [0.2, 0.25) is 0 Å². The van der Waals surface area contributed by atoms with Crippen molar-refractivity contribution in [1.29, 1.82) is 0 Å². The molecule has 4 rings (SSSR count). The SMILES string of the molecule is CCOC(c1ccccc1)c1cc(Br)cc2c(-c3ccccc3)cc(Cl)nc12. The predicted molar refractivity (Wildman–Crippen MR) is 120 cm³/mol. The van der Waals surface area contributed by atoms with Crippen LogP contribution >= 0.6 is 27.5 Å². The smallest absolute Gasteiger partial charge is 0.130 e. The molecule has 0 amide bonds. The molecular weight excluding hydrogens is 434 g/mol. The van der Waals surface area contributed by atoms with Crippen LogP contribution in [0.3, 0.4) is 0 Å². The minimum Gasteiger partial charge on any atom is -0.369 e. The van der Waals surface area contributed by atoms with Crippen LogP contribution in [0.25, 0.3) is 22.0 Å². The summed E-state index contributed by atoms with van der Waals surface area (Å²) in [6.45, 7) is 2.60. The van der Waals surface area contributed by atoms with E-state index in [1.54, 1.807) is 0 Å². The molecule has 2 nitrogen and oxygen atoms in total. The molecular formula is C24H19BrClNO. The molecule has 1 aromatic heterocycles. The molecule has 0 fully saturated rings. The van der Waals surface area contributed by atoms with Crippen molar-refractivity contribution in [3.05, 3.63) is 99.6 Å². The minimum absolute atomic E-state index is 0.221. The fraction of sp³-hybridized carbons (Fsp3) is 0.125. The van der Waals surface area contributed by atoms with Gasteiger partial charge < -0.3 is 4.74 Å². The Labute approximate surface area is 178 Å². The Hall–Kier alpha value is -2.20. The molecule has 1 heterocycles. The highest BCUT2D eigenvalue weighted by molar-refractivity contribution is 9.10. The zero-order valence-electron chi connectivity index (χ0n) is 15.4. The van der Waals surface area contributed by atoms with Gasteiger partial charge in [-0.25, -0.2) is 4.98 Å². The summed E-state index contributed by atoms with van der Waals surface area (Å²) in [7, 11) is 0. The number of ether oxygens (including phenoxy) is 1. The molecule has 0 N–H and O–H groups in total. The van der Waals surface area contributed by atoms with Crippen LogP contribution in [0, 0.1) is 0 Å². The second-order valence-electron chi connectivity index (χ2n) is 6.50. The molecule has 0 aliphatic rings. The van der Waals surface area contributed by atoms with Gasteiger partial charge in [0.15, 0.2) is 0 Å². The summed E-state index contributed by atoms with van der Waals surface area (Å²) < 4.78 is 7.14. The molecule has 1 unspecified atom stereocenters. The fourth-order valence-corrected chi connectivity index (χ4v) is 4.17. The van der Waals surface area contributed by atoms with E-state index in [4.69, 9.17) is 21.3 Å². The Bertz CT molecular complexity index is 1100. The Morgan fingerprint density at radius 3 is 2.32 bits per heavy atom. The van der Waals surface area contributed by atoms with Crippen molar-refractivity contribution in [2.75, 3.05) is 6.61 Å². The van der Waals surface area contributed by atoms with Crippen molar-refractivity contribution in [1.82, 2.24) is 4.98 Å². The largest absolute Gasteiger partial charge is 0.369 e. The van der Waals surface area contributed by atoms with E-state index >= 15 is 0 Å².